The summed E-state index contributed by atoms with van der Waals surface area (Å²) >= 11 is 0. The van der Waals surface area contributed by atoms with Crippen molar-refractivity contribution in [2.75, 3.05) is 13.2 Å². The molecule has 6 nitrogen and oxygen atoms in total. The van der Waals surface area contributed by atoms with Crippen LogP contribution in [0.25, 0.3) is 0 Å². The molecule has 64 heavy (non-hydrogen) atoms. The molecule has 6 heteroatoms. The number of rotatable bonds is 42. The molecule has 1 unspecified atom stereocenters. The van der Waals surface area contributed by atoms with Gasteiger partial charge in [0.15, 0.2) is 6.10 Å². The lowest BCUT2D eigenvalue weighted by Gasteiger charge is -2.18. The number of carbonyl (C=O) groups excluding carboxylic acids is 3. The number of allylic oxidation sites excluding steroid dienone is 24. The fraction of sp³-hybridized carbons (Fsp3) is 0.534. The number of carbonyl (C=O) groups is 3. The molecule has 0 heterocycles. The number of hydrogen-bond donors (Lipinski definition) is 0. The van der Waals surface area contributed by atoms with Gasteiger partial charge in [-0.1, -0.05) is 256 Å². The van der Waals surface area contributed by atoms with E-state index in [0.717, 1.165) is 57.8 Å². The Morgan fingerprint density at radius 1 is 0.328 bits per heavy atom. The summed E-state index contributed by atoms with van der Waals surface area (Å²) in [5, 5.41) is 0. The zero-order chi connectivity index (χ0) is 46.5. The third-order valence-electron chi connectivity index (χ3n) is 9.91. The summed E-state index contributed by atoms with van der Waals surface area (Å²) in [5.41, 5.74) is 0. The first-order chi connectivity index (χ1) is 31.5. The molecule has 0 fully saturated rings. The van der Waals surface area contributed by atoms with Crippen molar-refractivity contribution in [3.8, 4) is 0 Å². The summed E-state index contributed by atoms with van der Waals surface area (Å²) in [7, 11) is 0. The smallest absolute Gasteiger partial charge is 0.306 e. The highest BCUT2D eigenvalue weighted by molar-refractivity contribution is 5.71. The van der Waals surface area contributed by atoms with Crippen molar-refractivity contribution in [2.24, 2.45) is 0 Å². The second-order valence-electron chi connectivity index (χ2n) is 15.9. The van der Waals surface area contributed by atoms with Crippen LogP contribution in [-0.2, 0) is 28.6 Å². The quantitative estimate of drug-likeness (QED) is 0.0263. The second-order valence-corrected chi connectivity index (χ2v) is 15.9. The van der Waals surface area contributed by atoms with E-state index in [2.05, 4.69) is 39.0 Å². The van der Waals surface area contributed by atoms with Gasteiger partial charge < -0.3 is 14.2 Å². The lowest BCUT2D eigenvalue weighted by molar-refractivity contribution is -0.167. The zero-order valence-electron chi connectivity index (χ0n) is 40.5. The first kappa shape index (κ1) is 59.3. The maximum Gasteiger partial charge on any atom is 0.306 e. The number of ether oxygens (including phenoxy) is 3. The summed E-state index contributed by atoms with van der Waals surface area (Å²) in [4.78, 5) is 37.9. The Balaban J connectivity index is 4.60. The van der Waals surface area contributed by atoms with Gasteiger partial charge in [-0.3, -0.25) is 14.4 Å². The van der Waals surface area contributed by atoms with Gasteiger partial charge in [0.05, 0.1) is 0 Å². The van der Waals surface area contributed by atoms with Crippen LogP contribution in [0.15, 0.2) is 146 Å². The highest BCUT2D eigenvalue weighted by Crippen LogP contribution is 2.14. The van der Waals surface area contributed by atoms with Gasteiger partial charge in [-0.2, -0.15) is 0 Å². The van der Waals surface area contributed by atoms with Crippen molar-refractivity contribution in [3.05, 3.63) is 146 Å². The van der Waals surface area contributed by atoms with Crippen LogP contribution in [0.3, 0.4) is 0 Å². The maximum absolute atomic E-state index is 12.8. The van der Waals surface area contributed by atoms with Gasteiger partial charge in [0.25, 0.3) is 0 Å². The van der Waals surface area contributed by atoms with Crippen LogP contribution in [0.4, 0.5) is 0 Å². The molecule has 0 saturated carbocycles. The molecule has 0 aliphatic heterocycles. The first-order valence-corrected chi connectivity index (χ1v) is 25.0. The molecular weight excluding hydrogens is 793 g/mol. The highest BCUT2D eigenvalue weighted by Gasteiger charge is 2.19. The van der Waals surface area contributed by atoms with Crippen molar-refractivity contribution in [3.63, 3.8) is 0 Å². The summed E-state index contributed by atoms with van der Waals surface area (Å²) in [6, 6.07) is 0. The Kier molecular flexibility index (Phi) is 47.2. The lowest BCUT2D eigenvalue weighted by atomic mass is 10.0. The van der Waals surface area contributed by atoms with Gasteiger partial charge in [-0.25, -0.2) is 0 Å². The molecule has 356 valence electrons. The Bertz CT molecular complexity index is 1480. The van der Waals surface area contributed by atoms with Gasteiger partial charge >= 0.3 is 17.9 Å². The van der Waals surface area contributed by atoms with E-state index in [-0.39, 0.29) is 44.0 Å². The Morgan fingerprint density at radius 3 is 1.02 bits per heavy atom. The van der Waals surface area contributed by atoms with E-state index < -0.39 is 6.10 Å². The minimum absolute atomic E-state index is 0.129. The molecule has 0 aliphatic rings. The van der Waals surface area contributed by atoms with Crippen LogP contribution in [-0.4, -0.2) is 37.2 Å². The van der Waals surface area contributed by atoms with Crippen LogP contribution in [0.5, 0.6) is 0 Å². The van der Waals surface area contributed by atoms with Crippen molar-refractivity contribution < 1.29 is 28.6 Å². The monoisotopic (exact) mass is 881 g/mol. The van der Waals surface area contributed by atoms with Crippen molar-refractivity contribution in [1.29, 1.82) is 0 Å². The summed E-state index contributed by atoms with van der Waals surface area (Å²) in [6.45, 7) is 6.22. The SMILES string of the molecule is CC\C=C/C=C\C=C/C=C\C=C/CCCC(=O)OCC(COC(=O)CCCCC\C=C/C=C\C=C\C=C/C=C\C=C/C=C\CC)OC(=O)CCCCCCCCCCCCCCCC. The van der Waals surface area contributed by atoms with Gasteiger partial charge in [0, 0.05) is 19.3 Å². The third-order valence-corrected chi connectivity index (χ3v) is 9.91. The van der Waals surface area contributed by atoms with E-state index in [1.54, 1.807) is 0 Å². The molecule has 0 spiro atoms. The van der Waals surface area contributed by atoms with Crippen LogP contribution in [0, 0.1) is 0 Å². The molecule has 0 aliphatic carbocycles. The first-order valence-electron chi connectivity index (χ1n) is 25.0. The van der Waals surface area contributed by atoms with E-state index in [1.807, 2.05) is 128 Å². The molecule has 0 aromatic rings. The maximum atomic E-state index is 12.8. The molecule has 0 N–H and O–H groups in total. The van der Waals surface area contributed by atoms with Gasteiger partial charge in [-0.15, -0.1) is 0 Å². The Morgan fingerprint density at radius 2 is 0.625 bits per heavy atom. The van der Waals surface area contributed by atoms with Gasteiger partial charge in [0.1, 0.15) is 13.2 Å². The molecule has 0 bridgehead atoms. The standard InChI is InChI=1S/C58H88O6/c1-4-7-10-13-16-19-22-25-27-28-29-30-31-34-36-39-42-45-48-51-57(60)63-54-55(53-62-56(59)50-47-44-41-38-35-32-24-21-18-15-12-9-6-3)64-58(61)52-49-46-43-40-37-33-26-23-20-17-14-11-8-5-2/h7,9-10,12-13,15-16,18-19,21-22,24-25,27-32,34-36,38,41,55H,4-6,8,11,14,17,20,23,26,33,37,39-40,42-54H2,1-3H3/b10-7-,12-9-,16-13-,18-15-,22-19-,24-21-,27-25-,29-28+,31-30-,35-32-,36-34-,41-38-. The number of hydrogen-bond acceptors (Lipinski definition) is 6. The summed E-state index contributed by atoms with van der Waals surface area (Å²) < 4.78 is 16.7. The van der Waals surface area contributed by atoms with Gasteiger partial charge in [0.2, 0.25) is 0 Å². The van der Waals surface area contributed by atoms with E-state index in [4.69, 9.17) is 14.2 Å². The van der Waals surface area contributed by atoms with Gasteiger partial charge in [-0.05, 0) is 51.4 Å². The summed E-state index contributed by atoms with van der Waals surface area (Å²) in [6.07, 6.45) is 72.6. The predicted molar refractivity (Wildman–Crippen MR) is 274 cm³/mol. The fourth-order valence-electron chi connectivity index (χ4n) is 6.22. The minimum Gasteiger partial charge on any atom is -0.462 e. The molecule has 0 radical (unpaired) electrons. The molecule has 0 rings (SSSR count). The van der Waals surface area contributed by atoms with E-state index in [1.165, 1.54) is 70.6 Å². The van der Waals surface area contributed by atoms with Crippen molar-refractivity contribution >= 4 is 17.9 Å². The van der Waals surface area contributed by atoms with Crippen LogP contribution >= 0.6 is 0 Å². The Hall–Kier alpha value is -4.71. The molecule has 0 aromatic carbocycles. The minimum atomic E-state index is -0.830. The molecular formula is C58H88O6. The van der Waals surface area contributed by atoms with Crippen molar-refractivity contribution in [1.82, 2.24) is 0 Å². The topological polar surface area (TPSA) is 78.9 Å². The summed E-state index contributed by atoms with van der Waals surface area (Å²) in [5.74, 6) is -1.06. The van der Waals surface area contributed by atoms with Crippen LogP contribution in [0.1, 0.15) is 181 Å². The second kappa shape index (κ2) is 50.9. The largest absolute Gasteiger partial charge is 0.462 e. The van der Waals surface area contributed by atoms with E-state index >= 15 is 0 Å². The molecule has 0 saturated heterocycles. The van der Waals surface area contributed by atoms with Crippen LogP contribution in [0.2, 0.25) is 0 Å². The lowest BCUT2D eigenvalue weighted by Crippen LogP contribution is -2.30. The highest BCUT2D eigenvalue weighted by atomic mass is 16.6. The average molecular weight is 881 g/mol. The predicted octanol–water partition coefficient (Wildman–Crippen LogP) is 16.5. The number of unbranched alkanes of at least 4 members (excludes halogenated alkanes) is 17. The zero-order valence-corrected chi connectivity index (χ0v) is 40.5. The molecule has 0 aromatic heterocycles. The van der Waals surface area contributed by atoms with Crippen molar-refractivity contribution in [2.45, 2.75) is 187 Å². The van der Waals surface area contributed by atoms with Crippen LogP contribution < -0.4 is 0 Å². The molecule has 0 amide bonds. The van der Waals surface area contributed by atoms with E-state index in [0.29, 0.717) is 19.3 Å². The number of esters is 3. The third kappa shape index (κ3) is 48.3. The normalized spacial score (nSPS) is 13.4. The Labute approximate surface area is 391 Å². The fourth-order valence-corrected chi connectivity index (χ4v) is 6.22. The average Bonchev–Trinajstić information content (AvgIpc) is 3.29. The van der Waals surface area contributed by atoms with E-state index in [9.17, 15) is 14.4 Å². The molecule has 1 atom stereocenters.